The molecule has 0 amide bonds. The van der Waals surface area contributed by atoms with Crippen molar-refractivity contribution in [2.45, 2.75) is 78.2 Å². The van der Waals surface area contributed by atoms with Crippen LogP contribution in [0.15, 0.2) is 12.2 Å². The fourth-order valence-electron chi connectivity index (χ4n) is 2.14. The predicted molar refractivity (Wildman–Crippen MR) is 77.4 cm³/mol. The molecule has 1 nitrogen and oxygen atoms in total. The van der Waals surface area contributed by atoms with Crippen molar-refractivity contribution >= 4 is 0 Å². The minimum atomic E-state index is 0.287. The molecule has 0 aliphatic carbocycles. The van der Waals surface area contributed by atoms with Gasteiger partial charge in [0.2, 0.25) is 0 Å². The highest BCUT2D eigenvalue weighted by atomic mass is 16.5. The Balaban J connectivity index is 3.56. The van der Waals surface area contributed by atoms with E-state index in [4.69, 9.17) is 4.74 Å². The molecular weight excluding hydrogens is 208 g/mol. The van der Waals surface area contributed by atoms with Gasteiger partial charge in [-0.15, -0.1) is 0 Å². The summed E-state index contributed by atoms with van der Waals surface area (Å²) < 4.78 is 5.47. The molecule has 1 heteroatoms. The largest absolute Gasteiger partial charge is 0.377 e. The fraction of sp³-hybridized carbons (Fsp3) is 0.875. The second-order valence-electron chi connectivity index (χ2n) is 5.28. The van der Waals surface area contributed by atoms with Gasteiger partial charge in [-0.1, -0.05) is 59.5 Å². The third-order valence-electron chi connectivity index (χ3n) is 3.68. The lowest BCUT2D eigenvalue weighted by Crippen LogP contribution is -2.12. The third-order valence-corrected chi connectivity index (χ3v) is 3.68. The van der Waals surface area contributed by atoms with Crippen molar-refractivity contribution < 1.29 is 4.74 Å². The number of rotatable bonds is 11. The van der Waals surface area contributed by atoms with Crippen molar-refractivity contribution in [1.82, 2.24) is 0 Å². The molecule has 0 heterocycles. The molecule has 0 aromatic heterocycles. The van der Waals surface area contributed by atoms with Crippen LogP contribution in [0.5, 0.6) is 0 Å². The van der Waals surface area contributed by atoms with E-state index in [0.717, 1.165) is 18.8 Å². The first-order chi connectivity index (χ1) is 8.15. The molecular formula is C16H32O. The molecule has 2 atom stereocenters. The van der Waals surface area contributed by atoms with Gasteiger partial charge in [0.25, 0.3) is 0 Å². The zero-order valence-electron chi connectivity index (χ0n) is 12.4. The summed E-state index contributed by atoms with van der Waals surface area (Å²) in [4.78, 5) is 0. The SMILES string of the molecule is C=C(CCCCCC(C)CC)C(CCC)OC. The second kappa shape index (κ2) is 10.8. The lowest BCUT2D eigenvalue weighted by Gasteiger charge is -2.17. The van der Waals surface area contributed by atoms with Gasteiger partial charge in [-0.3, -0.25) is 0 Å². The zero-order valence-corrected chi connectivity index (χ0v) is 12.4. The first kappa shape index (κ1) is 16.7. The van der Waals surface area contributed by atoms with Crippen LogP contribution in [0.4, 0.5) is 0 Å². The predicted octanol–water partition coefficient (Wildman–Crippen LogP) is 5.35. The van der Waals surface area contributed by atoms with E-state index in [1.54, 1.807) is 7.11 Å². The molecule has 0 spiro atoms. The maximum atomic E-state index is 5.47. The van der Waals surface area contributed by atoms with Gasteiger partial charge in [-0.2, -0.15) is 0 Å². The molecule has 0 aliphatic heterocycles. The van der Waals surface area contributed by atoms with Gasteiger partial charge in [-0.25, -0.2) is 0 Å². The molecule has 0 aromatic rings. The number of methoxy groups -OCH3 is 1. The summed E-state index contributed by atoms with van der Waals surface area (Å²) in [6.07, 6.45) is 10.4. The molecule has 17 heavy (non-hydrogen) atoms. The first-order valence-electron chi connectivity index (χ1n) is 7.36. The minimum absolute atomic E-state index is 0.287. The fourth-order valence-corrected chi connectivity index (χ4v) is 2.14. The number of ether oxygens (including phenoxy) is 1. The van der Waals surface area contributed by atoms with Gasteiger partial charge in [0, 0.05) is 7.11 Å². The van der Waals surface area contributed by atoms with Crippen LogP contribution >= 0.6 is 0 Å². The summed E-state index contributed by atoms with van der Waals surface area (Å²) in [6.45, 7) is 11.0. The van der Waals surface area contributed by atoms with E-state index in [1.807, 2.05) is 0 Å². The molecule has 2 unspecified atom stereocenters. The van der Waals surface area contributed by atoms with E-state index >= 15 is 0 Å². The summed E-state index contributed by atoms with van der Waals surface area (Å²) >= 11 is 0. The Hall–Kier alpha value is -0.300. The summed E-state index contributed by atoms with van der Waals surface area (Å²) in [5.41, 5.74) is 1.29. The Labute approximate surface area is 109 Å². The van der Waals surface area contributed by atoms with Crippen molar-refractivity contribution in [3.8, 4) is 0 Å². The second-order valence-corrected chi connectivity index (χ2v) is 5.28. The minimum Gasteiger partial charge on any atom is -0.377 e. The Kier molecular flexibility index (Phi) is 10.6. The van der Waals surface area contributed by atoms with Crippen LogP contribution in [0.2, 0.25) is 0 Å². The molecule has 0 bridgehead atoms. The first-order valence-corrected chi connectivity index (χ1v) is 7.36. The zero-order chi connectivity index (χ0) is 13.1. The summed E-state index contributed by atoms with van der Waals surface area (Å²) in [6, 6.07) is 0. The third kappa shape index (κ3) is 8.43. The molecule has 0 aromatic carbocycles. The van der Waals surface area contributed by atoms with Crippen LogP contribution in [-0.4, -0.2) is 13.2 Å². The van der Waals surface area contributed by atoms with Crippen LogP contribution in [0.3, 0.4) is 0 Å². The molecule has 0 aliphatic rings. The highest BCUT2D eigenvalue weighted by molar-refractivity contribution is 5.01. The molecule has 0 saturated carbocycles. The summed E-state index contributed by atoms with van der Waals surface area (Å²) in [5.74, 6) is 0.894. The van der Waals surface area contributed by atoms with Crippen LogP contribution in [-0.2, 0) is 4.74 Å². The van der Waals surface area contributed by atoms with Gasteiger partial charge in [-0.05, 0) is 30.8 Å². The maximum absolute atomic E-state index is 5.47. The Bertz CT molecular complexity index is 186. The van der Waals surface area contributed by atoms with Crippen molar-refractivity contribution in [3.63, 3.8) is 0 Å². The molecule has 0 N–H and O–H groups in total. The van der Waals surface area contributed by atoms with E-state index < -0.39 is 0 Å². The van der Waals surface area contributed by atoms with Crippen LogP contribution in [0, 0.1) is 5.92 Å². The van der Waals surface area contributed by atoms with Crippen LogP contribution < -0.4 is 0 Å². The number of hydrogen-bond acceptors (Lipinski definition) is 1. The van der Waals surface area contributed by atoms with Gasteiger partial charge in [0.1, 0.15) is 0 Å². The van der Waals surface area contributed by atoms with Crippen molar-refractivity contribution in [3.05, 3.63) is 12.2 Å². The molecule has 0 radical (unpaired) electrons. The Morgan fingerprint density at radius 1 is 1.12 bits per heavy atom. The lowest BCUT2D eigenvalue weighted by molar-refractivity contribution is 0.120. The molecule has 0 rings (SSSR count). The van der Waals surface area contributed by atoms with Crippen molar-refractivity contribution in [2.24, 2.45) is 5.92 Å². The molecule has 0 fully saturated rings. The van der Waals surface area contributed by atoms with Crippen LogP contribution in [0.1, 0.15) is 72.1 Å². The van der Waals surface area contributed by atoms with Gasteiger partial charge < -0.3 is 4.74 Å². The smallest absolute Gasteiger partial charge is 0.0778 e. The summed E-state index contributed by atoms with van der Waals surface area (Å²) in [7, 11) is 1.80. The number of unbranched alkanes of at least 4 members (excludes halogenated alkanes) is 2. The van der Waals surface area contributed by atoms with Crippen LogP contribution in [0.25, 0.3) is 0 Å². The summed E-state index contributed by atoms with van der Waals surface area (Å²) in [5, 5.41) is 0. The topological polar surface area (TPSA) is 9.23 Å². The molecule has 0 saturated heterocycles. The Morgan fingerprint density at radius 2 is 1.82 bits per heavy atom. The highest BCUT2D eigenvalue weighted by Crippen LogP contribution is 2.19. The lowest BCUT2D eigenvalue weighted by atomic mass is 9.97. The van der Waals surface area contributed by atoms with Gasteiger partial charge in [0.05, 0.1) is 6.10 Å². The quantitative estimate of drug-likeness (QED) is 0.349. The van der Waals surface area contributed by atoms with E-state index in [0.29, 0.717) is 0 Å². The monoisotopic (exact) mass is 240 g/mol. The average molecular weight is 240 g/mol. The molecule has 102 valence electrons. The Morgan fingerprint density at radius 3 is 2.35 bits per heavy atom. The highest BCUT2D eigenvalue weighted by Gasteiger charge is 2.09. The van der Waals surface area contributed by atoms with E-state index in [2.05, 4.69) is 27.4 Å². The van der Waals surface area contributed by atoms with Crippen molar-refractivity contribution in [1.29, 1.82) is 0 Å². The standard InChI is InChI=1S/C16H32O/c1-6-11-16(17-5)15(4)13-10-8-9-12-14(3)7-2/h14,16H,4,6-13H2,1-3,5H3. The van der Waals surface area contributed by atoms with E-state index in [1.165, 1.54) is 44.1 Å². The normalized spacial score (nSPS) is 14.6. The van der Waals surface area contributed by atoms with Crippen molar-refractivity contribution in [2.75, 3.05) is 7.11 Å². The number of hydrogen-bond donors (Lipinski definition) is 0. The van der Waals surface area contributed by atoms with Gasteiger partial charge in [0.15, 0.2) is 0 Å². The van der Waals surface area contributed by atoms with E-state index in [-0.39, 0.29) is 6.10 Å². The maximum Gasteiger partial charge on any atom is 0.0778 e. The van der Waals surface area contributed by atoms with E-state index in [9.17, 15) is 0 Å². The average Bonchev–Trinajstić information content (AvgIpc) is 2.34. The van der Waals surface area contributed by atoms with Gasteiger partial charge >= 0.3 is 0 Å².